The third-order valence-electron chi connectivity index (χ3n) is 0.707. The van der Waals surface area contributed by atoms with Crippen LogP contribution < -0.4 is 0 Å². The van der Waals surface area contributed by atoms with Gasteiger partial charge in [0, 0.05) is 0 Å². The van der Waals surface area contributed by atoms with Gasteiger partial charge in [0.25, 0.3) is 0 Å². The van der Waals surface area contributed by atoms with Crippen LogP contribution in [-0.2, 0) is 0 Å². The molecule has 18 heavy (non-hydrogen) atoms. The fraction of sp³-hybridized carbons (Fsp3) is 0.833. The molecule has 0 unspecified atom stereocenters. The van der Waals surface area contributed by atoms with Gasteiger partial charge >= 0.3 is 12.3 Å². The highest BCUT2D eigenvalue weighted by atomic mass is 16.6. The molecule has 0 aliphatic rings. The van der Waals surface area contributed by atoms with E-state index >= 15 is 0 Å². The topological polar surface area (TPSA) is 115 Å². The molecule has 0 spiro atoms. The van der Waals surface area contributed by atoms with Crippen LogP contribution in [0.2, 0.25) is 0 Å². The van der Waals surface area contributed by atoms with Gasteiger partial charge in [-0.25, -0.2) is 9.59 Å². The van der Waals surface area contributed by atoms with Gasteiger partial charge in [0.1, 0.15) is 0 Å². The Labute approximate surface area is 111 Å². The number of carbonyl (C=O) groups is 2. The molecule has 6 nitrogen and oxygen atoms in total. The first-order valence-corrected chi connectivity index (χ1v) is 5.72. The molecule has 0 radical (unpaired) electrons. The molecule has 0 aliphatic heterocycles. The van der Waals surface area contributed by atoms with Gasteiger partial charge in [0.2, 0.25) is 0 Å². The zero-order valence-electron chi connectivity index (χ0n) is 11.7. The summed E-state index contributed by atoms with van der Waals surface area (Å²) in [6.45, 7) is 12.4. The van der Waals surface area contributed by atoms with E-state index in [1.807, 2.05) is 27.7 Å². The smallest absolute Gasteiger partial charge is 0.450 e. The molecule has 0 aliphatic carbocycles. The first kappa shape index (κ1) is 36.0. The zero-order valence-corrected chi connectivity index (χ0v) is 11.7. The zero-order chi connectivity index (χ0) is 15.3. The average molecular weight is 272 g/mol. The Morgan fingerprint density at radius 3 is 0.833 bits per heavy atom. The Bertz CT molecular complexity index is 104. The summed E-state index contributed by atoms with van der Waals surface area (Å²) in [5, 5.41) is 27.9. The van der Waals surface area contributed by atoms with Gasteiger partial charge in [-0.05, 0) is 0 Å². The minimum absolute atomic E-state index is 0. The summed E-state index contributed by atoms with van der Waals surface area (Å²) in [5.41, 5.74) is 0. The number of hydrogen-bond donors (Lipinski definition) is 4. The molecule has 116 valence electrons. The Morgan fingerprint density at radius 1 is 0.722 bits per heavy atom. The summed E-state index contributed by atoms with van der Waals surface area (Å²) >= 11 is 0. The quantitative estimate of drug-likeness (QED) is 0.540. The van der Waals surface area contributed by atoms with Crippen LogP contribution >= 0.6 is 0 Å². The molecular weight excluding hydrogens is 240 g/mol. The van der Waals surface area contributed by atoms with Gasteiger partial charge < -0.3 is 20.4 Å². The average Bonchev–Trinajstić information content (AvgIpc) is 2.23. The lowest BCUT2D eigenvalue weighted by atomic mass is 10.3. The highest BCUT2D eigenvalue weighted by molar-refractivity contribution is 5.53. The molecule has 0 amide bonds. The van der Waals surface area contributed by atoms with E-state index in [1.165, 1.54) is 19.3 Å². The standard InChI is InChI=1S/C5H12.2C2H6.2CH2O3.CH4/c1-3-5-4-2;2*1-2;2*2-1(3)4;/h3-5H2,1-2H3;2*1-2H3;2*(H2,2,3,4);1H4. The van der Waals surface area contributed by atoms with Crippen LogP contribution in [0, 0.1) is 0 Å². The van der Waals surface area contributed by atoms with Crippen molar-refractivity contribution in [1.29, 1.82) is 0 Å². The predicted octanol–water partition coefficient (Wildman–Crippen LogP) is 5.33. The first-order valence-electron chi connectivity index (χ1n) is 5.72. The molecule has 0 saturated carbocycles. The lowest BCUT2D eigenvalue weighted by Gasteiger charge is -1.79. The van der Waals surface area contributed by atoms with Crippen LogP contribution in [0.15, 0.2) is 0 Å². The maximum absolute atomic E-state index is 8.56. The third kappa shape index (κ3) is 9140. The second-order valence-electron chi connectivity index (χ2n) is 1.92. The number of rotatable bonds is 2. The van der Waals surface area contributed by atoms with E-state index in [2.05, 4.69) is 13.8 Å². The normalized spacial score (nSPS) is 5.67. The number of unbranched alkanes of at least 4 members (excludes halogenated alkanes) is 2. The molecule has 0 aromatic heterocycles. The molecule has 6 heteroatoms. The number of hydrogen-bond acceptors (Lipinski definition) is 2. The molecule has 0 bridgehead atoms. The molecule has 0 aromatic rings. The van der Waals surface area contributed by atoms with E-state index in [1.54, 1.807) is 0 Å². The largest absolute Gasteiger partial charge is 0.503 e. The van der Waals surface area contributed by atoms with Crippen molar-refractivity contribution in [1.82, 2.24) is 0 Å². The third-order valence-corrected chi connectivity index (χ3v) is 0.707. The predicted molar refractivity (Wildman–Crippen MR) is 75.9 cm³/mol. The summed E-state index contributed by atoms with van der Waals surface area (Å²) in [6, 6.07) is 0. The highest BCUT2D eigenvalue weighted by Crippen LogP contribution is 1.88. The van der Waals surface area contributed by atoms with Crippen molar-refractivity contribution in [3.05, 3.63) is 0 Å². The first-order chi connectivity index (χ1) is 7.88. The molecule has 0 atom stereocenters. The maximum atomic E-state index is 8.56. The van der Waals surface area contributed by atoms with Crippen LogP contribution in [0.4, 0.5) is 9.59 Å². The van der Waals surface area contributed by atoms with Crippen LogP contribution in [0.3, 0.4) is 0 Å². The Kier molecular flexibility index (Phi) is 115. The van der Waals surface area contributed by atoms with E-state index in [0.717, 1.165) is 0 Å². The molecule has 0 saturated heterocycles. The van der Waals surface area contributed by atoms with E-state index in [9.17, 15) is 0 Å². The van der Waals surface area contributed by atoms with Crippen LogP contribution in [0.5, 0.6) is 0 Å². The molecular formula is C12H32O6. The van der Waals surface area contributed by atoms with Crippen molar-refractivity contribution in [2.75, 3.05) is 0 Å². The van der Waals surface area contributed by atoms with E-state index in [0.29, 0.717) is 0 Å². The second-order valence-corrected chi connectivity index (χ2v) is 1.92. The minimum Gasteiger partial charge on any atom is -0.450 e. The lowest BCUT2D eigenvalue weighted by molar-refractivity contribution is 0.135. The van der Waals surface area contributed by atoms with Crippen molar-refractivity contribution >= 4 is 12.3 Å². The van der Waals surface area contributed by atoms with Gasteiger partial charge in [-0.2, -0.15) is 0 Å². The van der Waals surface area contributed by atoms with Crippen LogP contribution in [-0.4, -0.2) is 32.7 Å². The fourth-order valence-electron chi connectivity index (χ4n) is 0.354. The van der Waals surface area contributed by atoms with Crippen molar-refractivity contribution < 1.29 is 30.0 Å². The second kappa shape index (κ2) is 57.8. The van der Waals surface area contributed by atoms with Crippen molar-refractivity contribution in [2.45, 2.75) is 68.2 Å². The Morgan fingerprint density at radius 2 is 0.833 bits per heavy atom. The van der Waals surface area contributed by atoms with Gasteiger partial charge in [0.05, 0.1) is 0 Å². The van der Waals surface area contributed by atoms with E-state index in [4.69, 9.17) is 30.0 Å². The Hall–Kier alpha value is -1.46. The minimum atomic E-state index is -1.83. The van der Waals surface area contributed by atoms with Gasteiger partial charge in [-0.15, -0.1) is 0 Å². The van der Waals surface area contributed by atoms with Gasteiger partial charge in [-0.3, -0.25) is 0 Å². The maximum Gasteiger partial charge on any atom is 0.503 e. The summed E-state index contributed by atoms with van der Waals surface area (Å²) in [5.74, 6) is 0. The molecule has 0 fully saturated rings. The molecule has 4 N–H and O–H groups in total. The van der Waals surface area contributed by atoms with Gasteiger partial charge in [0.15, 0.2) is 0 Å². The highest BCUT2D eigenvalue weighted by Gasteiger charge is 1.70. The molecule has 0 aromatic carbocycles. The summed E-state index contributed by atoms with van der Waals surface area (Å²) in [6.07, 6.45) is 0.410. The molecule has 0 heterocycles. The van der Waals surface area contributed by atoms with Crippen molar-refractivity contribution in [2.24, 2.45) is 0 Å². The monoisotopic (exact) mass is 272 g/mol. The Balaban J connectivity index is -0.0000000258. The van der Waals surface area contributed by atoms with E-state index < -0.39 is 12.3 Å². The van der Waals surface area contributed by atoms with E-state index in [-0.39, 0.29) is 7.43 Å². The summed E-state index contributed by atoms with van der Waals surface area (Å²) < 4.78 is 0. The van der Waals surface area contributed by atoms with Crippen molar-refractivity contribution in [3.8, 4) is 0 Å². The van der Waals surface area contributed by atoms with Crippen LogP contribution in [0.25, 0.3) is 0 Å². The van der Waals surface area contributed by atoms with Crippen LogP contribution in [0.1, 0.15) is 68.2 Å². The van der Waals surface area contributed by atoms with Crippen molar-refractivity contribution in [3.63, 3.8) is 0 Å². The fourth-order valence-corrected chi connectivity index (χ4v) is 0.354. The van der Waals surface area contributed by atoms with Gasteiger partial charge in [-0.1, -0.05) is 68.2 Å². The molecule has 0 rings (SSSR count). The summed E-state index contributed by atoms with van der Waals surface area (Å²) in [7, 11) is 0. The lowest BCUT2D eigenvalue weighted by Crippen LogP contribution is -1.81. The SMILES string of the molecule is C.CC.CC.CCCCC.O=C(O)O.O=C(O)O. The summed E-state index contributed by atoms with van der Waals surface area (Å²) in [4.78, 5) is 17.1. The number of carboxylic acid groups (broad SMARTS) is 4.